The number of rotatable bonds is 7. The summed E-state index contributed by atoms with van der Waals surface area (Å²) in [6, 6.07) is 4.18. The van der Waals surface area contributed by atoms with Crippen LogP contribution in [0.2, 0.25) is 0 Å². The molecule has 0 aromatic heterocycles. The Morgan fingerprint density at radius 3 is 2.17 bits per heavy atom. The quantitative estimate of drug-likeness (QED) is 0.583. The molecular weight excluding hydrogens is 298 g/mol. The summed E-state index contributed by atoms with van der Waals surface area (Å²) in [5, 5.41) is 0. The van der Waals surface area contributed by atoms with Crippen LogP contribution in [-0.2, 0) is 6.42 Å². The first-order chi connectivity index (χ1) is 8.58. The molecule has 1 unspecified atom stereocenters. The van der Waals surface area contributed by atoms with Gasteiger partial charge in [0, 0.05) is 4.83 Å². The van der Waals surface area contributed by atoms with Gasteiger partial charge in [-0.05, 0) is 42.9 Å². The Labute approximate surface area is 117 Å². The van der Waals surface area contributed by atoms with Crippen LogP contribution < -0.4 is 0 Å². The van der Waals surface area contributed by atoms with E-state index >= 15 is 0 Å². The van der Waals surface area contributed by atoms with E-state index in [9.17, 15) is 8.78 Å². The average molecular weight is 319 g/mol. The largest absolute Gasteiger partial charge is 0.204 e. The van der Waals surface area contributed by atoms with Crippen molar-refractivity contribution in [2.75, 3.05) is 0 Å². The molecule has 0 spiro atoms. The van der Waals surface area contributed by atoms with Crippen molar-refractivity contribution in [2.24, 2.45) is 5.92 Å². The predicted molar refractivity (Wildman–Crippen MR) is 76.1 cm³/mol. The van der Waals surface area contributed by atoms with E-state index in [0.29, 0.717) is 10.7 Å². The molecule has 3 heteroatoms. The number of benzene rings is 1. The minimum Gasteiger partial charge on any atom is -0.204 e. The van der Waals surface area contributed by atoms with E-state index in [-0.39, 0.29) is 0 Å². The van der Waals surface area contributed by atoms with Crippen LogP contribution in [0.1, 0.15) is 45.1 Å². The molecule has 0 bridgehead atoms. The molecule has 0 amide bonds. The molecule has 0 aliphatic heterocycles. The predicted octanol–water partition coefficient (Wildman–Crippen LogP) is 5.49. The fourth-order valence-electron chi connectivity index (χ4n) is 2.31. The molecule has 0 fully saturated rings. The van der Waals surface area contributed by atoms with Gasteiger partial charge >= 0.3 is 0 Å². The van der Waals surface area contributed by atoms with Crippen LogP contribution in [0.4, 0.5) is 8.78 Å². The average Bonchev–Trinajstić information content (AvgIpc) is 2.33. The number of hydrogen-bond acceptors (Lipinski definition) is 0. The molecular formula is C15H21BrF2. The molecule has 1 aromatic rings. The van der Waals surface area contributed by atoms with E-state index in [1.54, 1.807) is 6.07 Å². The minimum absolute atomic E-state index is 0.335. The summed E-state index contributed by atoms with van der Waals surface area (Å²) >= 11 is 3.71. The summed E-state index contributed by atoms with van der Waals surface area (Å²) in [6.07, 6.45) is 5.41. The van der Waals surface area contributed by atoms with Gasteiger partial charge < -0.3 is 0 Å². The minimum atomic E-state index is -0.775. The third-order valence-electron chi connectivity index (χ3n) is 3.25. The lowest BCUT2D eigenvalue weighted by Crippen LogP contribution is -2.17. The molecule has 1 rings (SSSR count). The van der Waals surface area contributed by atoms with Crippen LogP contribution in [0.5, 0.6) is 0 Å². The van der Waals surface area contributed by atoms with E-state index in [2.05, 4.69) is 29.8 Å². The Balaban J connectivity index is 2.66. The van der Waals surface area contributed by atoms with E-state index in [1.165, 1.54) is 25.0 Å². The number of hydrogen-bond donors (Lipinski definition) is 0. The third kappa shape index (κ3) is 4.68. The van der Waals surface area contributed by atoms with Crippen LogP contribution in [0.25, 0.3) is 0 Å². The van der Waals surface area contributed by atoms with Crippen molar-refractivity contribution in [3.63, 3.8) is 0 Å². The molecule has 0 aliphatic carbocycles. The fourth-order valence-corrected chi connectivity index (χ4v) is 3.21. The lowest BCUT2D eigenvalue weighted by atomic mass is 9.91. The van der Waals surface area contributed by atoms with Crippen molar-refractivity contribution in [1.29, 1.82) is 0 Å². The van der Waals surface area contributed by atoms with Crippen LogP contribution in [-0.4, -0.2) is 4.83 Å². The van der Waals surface area contributed by atoms with Crippen molar-refractivity contribution in [3.8, 4) is 0 Å². The number of halogens is 3. The van der Waals surface area contributed by atoms with Crippen molar-refractivity contribution < 1.29 is 8.78 Å². The van der Waals surface area contributed by atoms with Gasteiger partial charge in [-0.1, -0.05) is 48.7 Å². The Morgan fingerprint density at radius 2 is 1.67 bits per heavy atom. The standard InChI is InChI=1S/C15H21BrF2/c1-3-5-12(6-4-2)13(16)9-11-7-8-14(17)15(18)10-11/h7-8,10,12-13H,3-6,9H2,1-2H3. The molecule has 0 saturated heterocycles. The summed E-state index contributed by atoms with van der Waals surface area (Å²) in [5.74, 6) is -0.925. The van der Waals surface area contributed by atoms with E-state index in [1.807, 2.05) is 0 Å². The van der Waals surface area contributed by atoms with Crippen molar-refractivity contribution in [2.45, 2.75) is 50.8 Å². The van der Waals surface area contributed by atoms with Gasteiger partial charge in [0.15, 0.2) is 11.6 Å². The lowest BCUT2D eigenvalue weighted by molar-refractivity contribution is 0.426. The Morgan fingerprint density at radius 1 is 1.06 bits per heavy atom. The highest BCUT2D eigenvalue weighted by Crippen LogP contribution is 2.27. The van der Waals surface area contributed by atoms with Crippen LogP contribution in [0, 0.1) is 17.6 Å². The second-order valence-electron chi connectivity index (χ2n) is 4.81. The molecule has 0 aliphatic rings. The van der Waals surface area contributed by atoms with Crippen LogP contribution >= 0.6 is 15.9 Å². The van der Waals surface area contributed by atoms with Crippen molar-refractivity contribution in [1.82, 2.24) is 0 Å². The summed E-state index contributed by atoms with van der Waals surface area (Å²) in [6.45, 7) is 4.36. The maximum absolute atomic E-state index is 13.1. The summed E-state index contributed by atoms with van der Waals surface area (Å²) < 4.78 is 26.0. The van der Waals surface area contributed by atoms with Crippen LogP contribution in [0.3, 0.4) is 0 Å². The zero-order chi connectivity index (χ0) is 13.5. The lowest BCUT2D eigenvalue weighted by Gasteiger charge is -2.21. The third-order valence-corrected chi connectivity index (χ3v) is 4.32. The van der Waals surface area contributed by atoms with Gasteiger partial charge in [-0.25, -0.2) is 8.78 Å². The van der Waals surface area contributed by atoms with Gasteiger partial charge in [-0.15, -0.1) is 0 Å². The van der Waals surface area contributed by atoms with Crippen molar-refractivity contribution in [3.05, 3.63) is 35.4 Å². The Hall–Kier alpha value is -0.440. The van der Waals surface area contributed by atoms with Gasteiger partial charge in [0.2, 0.25) is 0 Å². The zero-order valence-corrected chi connectivity index (χ0v) is 12.6. The smallest absolute Gasteiger partial charge is 0.159 e. The van der Waals surface area contributed by atoms with Gasteiger partial charge in [0.05, 0.1) is 0 Å². The molecule has 102 valence electrons. The topological polar surface area (TPSA) is 0 Å². The Bertz CT molecular complexity index is 360. The number of alkyl halides is 1. The SMILES string of the molecule is CCCC(CCC)C(Br)Cc1ccc(F)c(F)c1. The summed E-state index contributed by atoms with van der Waals surface area (Å²) in [5.41, 5.74) is 0.855. The Kier molecular flexibility index (Phi) is 6.83. The second kappa shape index (κ2) is 7.88. The normalized spacial score (nSPS) is 13.0. The molecule has 1 atom stereocenters. The maximum Gasteiger partial charge on any atom is 0.159 e. The molecule has 0 nitrogen and oxygen atoms in total. The monoisotopic (exact) mass is 318 g/mol. The molecule has 0 heterocycles. The molecule has 0 N–H and O–H groups in total. The van der Waals surface area contributed by atoms with E-state index in [4.69, 9.17) is 0 Å². The van der Waals surface area contributed by atoms with Gasteiger partial charge in [-0.2, -0.15) is 0 Å². The summed E-state index contributed by atoms with van der Waals surface area (Å²) in [4.78, 5) is 0.335. The maximum atomic E-state index is 13.1. The van der Waals surface area contributed by atoms with Crippen molar-refractivity contribution >= 4 is 15.9 Å². The highest BCUT2D eigenvalue weighted by molar-refractivity contribution is 9.09. The highest BCUT2D eigenvalue weighted by Gasteiger charge is 2.18. The van der Waals surface area contributed by atoms with E-state index < -0.39 is 11.6 Å². The van der Waals surface area contributed by atoms with Gasteiger partial charge in [0.1, 0.15) is 0 Å². The summed E-state index contributed by atoms with van der Waals surface area (Å²) in [7, 11) is 0. The fraction of sp³-hybridized carbons (Fsp3) is 0.600. The zero-order valence-electron chi connectivity index (χ0n) is 11.1. The van der Waals surface area contributed by atoms with Crippen LogP contribution in [0.15, 0.2) is 18.2 Å². The second-order valence-corrected chi connectivity index (χ2v) is 5.98. The molecule has 0 saturated carbocycles. The molecule has 0 radical (unpaired) electrons. The first-order valence-corrected chi connectivity index (χ1v) is 7.58. The van der Waals surface area contributed by atoms with E-state index in [0.717, 1.165) is 24.8 Å². The van der Waals surface area contributed by atoms with Gasteiger partial charge in [0.25, 0.3) is 0 Å². The first-order valence-electron chi connectivity index (χ1n) is 6.66. The molecule has 1 aromatic carbocycles. The first kappa shape index (κ1) is 15.6. The molecule has 18 heavy (non-hydrogen) atoms. The van der Waals surface area contributed by atoms with Gasteiger partial charge in [-0.3, -0.25) is 0 Å². The highest BCUT2D eigenvalue weighted by atomic mass is 79.9.